The molecule has 0 spiro atoms. The van der Waals surface area contributed by atoms with Crippen molar-refractivity contribution in [3.8, 4) is 6.07 Å². The Morgan fingerprint density at radius 3 is 2.84 bits per heavy atom. The molecular formula is C15H13NO3. The van der Waals surface area contributed by atoms with E-state index in [0.29, 0.717) is 12.2 Å². The smallest absolute Gasteiger partial charge is 0.242 e. The molecule has 2 aromatic rings. The van der Waals surface area contributed by atoms with E-state index in [9.17, 15) is 4.79 Å². The summed E-state index contributed by atoms with van der Waals surface area (Å²) >= 11 is 0. The molecule has 0 atom stereocenters. The van der Waals surface area contributed by atoms with Crippen molar-refractivity contribution in [1.82, 2.24) is 0 Å². The molecule has 1 aromatic carbocycles. The third-order valence-corrected chi connectivity index (χ3v) is 2.78. The van der Waals surface area contributed by atoms with Crippen LogP contribution in [0.25, 0.3) is 11.0 Å². The number of hydrogen-bond acceptors (Lipinski definition) is 4. The van der Waals surface area contributed by atoms with Gasteiger partial charge in [-0.2, -0.15) is 5.26 Å². The Kier molecular flexibility index (Phi) is 3.67. The minimum absolute atomic E-state index is 0.0657. The molecule has 0 N–H and O–H groups in total. The second-order valence-corrected chi connectivity index (χ2v) is 3.98. The fraction of sp³-hybridized carbons (Fsp3) is 0.200. The molecule has 0 fully saturated rings. The molecule has 0 aliphatic carbocycles. The third kappa shape index (κ3) is 2.36. The lowest BCUT2D eigenvalue weighted by Gasteiger charge is -1.98. The van der Waals surface area contributed by atoms with Gasteiger partial charge in [-0.1, -0.05) is 18.2 Å². The number of allylic oxidation sites excluding steroid dienone is 1. The molecule has 0 radical (unpaired) electrons. The number of hydrogen-bond donors (Lipinski definition) is 0. The minimum atomic E-state index is -0.454. The van der Waals surface area contributed by atoms with Crippen LogP contribution in [-0.4, -0.2) is 12.4 Å². The first kappa shape index (κ1) is 12.9. The third-order valence-electron chi connectivity index (χ3n) is 2.78. The zero-order chi connectivity index (χ0) is 13.8. The van der Waals surface area contributed by atoms with Gasteiger partial charge in [0.25, 0.3) is 0 Å². The Morgan fingerprint density at radius 2 is 2.21 bits per heavy atom. The second kappa shape index (κ2) is 5.40. The number of ketones is 1. The van der Waals surface area contributed by atoms with Gasteiger partial charge in [0.15, 0.2) is 5.76 Å². The summed E-state index contributed by atoms with van der Waals surface area (Å²) < 4.78 is 10.5. The van der Waals surface area contributed by atoms with Gasteiger partial charge >= 0.3 is 0 Å². The average Bonchev–Trinajstić information content (AvgIpc) is 2.77. The first-order valence-electron chi connectivity index (χ1n) is 5.93. The number of carbonyl (C=O) groups excluding carboxylic acids is 1. The van der Waals surface area contributed by atoms with E-state index in [-0.39, 0.29) is 11.3 Å². The van der Waals surface area contributed by atoms with Crippen LogP contribution in [0.1, 0.15) is 23.0 Å². The van der Waals surface area contributed by atoms with Gasteiger partial charge in [0.05, 0.1) is 6.61 Å². The van der Waals surface area contributed by atoms with E-state index in [4.69, 9.17) is 14.4 Å². The molecule has 19 heavy (non-hydrogen) atoms. The topological polar surface area (TPSA) is 63.2 Å². The normalized spacial score (nSPS) is 11.3. The Balaban J connectivity index is 2.47. The van der Waals surface area contributed by atoms with Crippen LogP contribution in [0.5, 0.6) is 0 Å². The van der Waals surface area contributed by atoms with Crippen molar-refractivity contribution < 1.29 is 13.9 Å². The van der Waals surface area contributed by atoms with Crippen LogP contribution in [0.3, 0.4) is 0 Å². The van der Waals surface area contributed by atoms with Crippen molar-refractivity contribution in [2.45, 2.75) is 13.8 Å². The van der Waals surface area contributed by atoms with Crippen LogP contribution >= 0.6 is 0 Å². The largest absolute Gasteiger partial charge is 0.500 e. The summed E-state index contributed by atoms with van der Waals surface area (Å²) in [7, 11) is 0. The maximum atomic E-state index is 12.2. The summed E-state index contributed by atoms with van der Waals surface area (Å²) in [4.78, 5) is 12.2. The van der Waals surface area contributed by atoms with E-state index in [0.717, 1.165) is 10.9 Å². The van der Waals surface area contributed by atoms with Gasteiger partial charge in [-0.25, -0.2) is 0 Å². The number of benzene rings is 1. The SMILES string of the molecule is CCO/C=C(\C#N)C(=O)c1oc2ccccc2c1C. The molecule has 0 aliphatic rings. The number of nitrogens with zero attached hydrogens (tertiary/aromatic N) is 1. The fourth-order valence-electron chi connectivity index (χ4n) is 1.81. The highest BCUT2D eigenvalue weighted by Gasteiger charge is 2.21. The zero-order valence-electron chi connectivity index (χ0n) is 10.8. The highest BCUT2D eigenvalue weighted by molar-refractivity contribution is 6.12. The zero-order valence-corrected chi connectivity index (χ0v) is 10.8. The number of para-hydroxylation sites is 1. The van der Waals surface area contributed by atoms with Gasteiger partial charge in [0.1, 0.15) is 23.5 Å². The molecule has 1 heterocycles. The number of Topliss-reactive ketones (excluding diaryl/α,β-unsaturated/α-hetero) is 1. The van der Waals surface area contributed by atoms with Crippen molar-refractivity contribution in [1.29, 1.82) is 5.26 Å². The molecule has 0 unspecified atom stereocenters. The molecule has 0 amide bonds. The minimum Gasteiger partial charge on any atom is -0.500 e. The van der Waals surface area contributed by atoms with Crippen molar-refractivity contribution in [3.63, 3.8) is 0 Å². The molecule has 96 valence electrons. The van der Waals surface area contributed by atoms with Crippen LogP contribution in [0, 0.1) is 18.3 Å². The van der Waals surface area contributed by atoms with E-state index in [1.54, 1.807) is 19.9 Å². The summed E-state index contributed by atoms with van der Waals surface area (Å²) in [6.45, 7) is 3.98. The molecule has 0 saturated heterocycles. The molecule has 0 aliphatic heterocycles. The van der Waals surface area contributed by atoms with Crippen LogP contribution in [0.2, 0.25) is 0 Å². The number of ether oxygens (including phenoxy) is 1. The first-order valence-corrected chi connectivity index (χ1v) is 5.93. The predicted octanol–water partition coefficient (Wildman–Crippen LogP) is 3.37. The van der Waals surface area contributed by atoms with Crippen molar-refractivity contribution in [2.24, 2.45) is 0 Å². The van der Waals surface area contributed by atoms with Crippen molar-refractivity contribution >= 4 is 16.8 Å². The van der Waals surface area contributed by atoms with Gasteiger partial charge in [0.2, 0.25) is 5.78 Å². The summed E-state index contributed by atoms with van der Waals surface area (Å²) in [5, 5.41) is 9.86. The first-order chi connectivity index (χ1) is 9.19. The number of furan rings is 1. The second-order valence-electron chi connectivity index (χ2n) is 3.98. The molecular weight excluding hydrogens is 242 g/mol. The summed E-state index contributed by atoms with van der Waals surface area (Å²) in [5.74, 6) is -0.265. The van der Waals surface area contributed by atoms with Crippen LogP contribution in [0.4, 0.5) is 0 Å². The van der Waals surface area contributed by atoms with Crippen LogP contribution < -0.4 is 0 Å². The number of rotatable bonds is 4. The van der Waals surface area contributed by atoms with E-state index in [1.807, 2.05) is 24.3 Å². The van der Waals surface area contributed by atoms with Gasteiger partial charge < -0.3 is 9.15 Å². The van der Waals surface area contributed by atoms with Gasteiger partial charge in [0, 0.05) is 10.9 Å². The standard InChI is InChI=1S/C15H13NO3/c1-3-18-9-11(8-16)14(17)15-10(2)12-6-4-5-7-13(12)19-15/h4-7,9H,3H2,1-2H3/b11-9+. The van der Waals surface area contributed by atoms with E-state index < -0.39 is 5.78 Å². The highest BCUT2D eigenvalue weighted by Crippen LogP contribution is 2.26. The molecule has 4 nitrogen and oxygen atoms in total. The Hall–Kier alpha value is -2.54. The number of aryl methyl sites for hydroxylation is 1. The maximum Gasteiger partial charge on any atom is 0.242 e. The Labute approximate surface area is 110 Å². The number of carbonyl (C=O) groups is 1. The lowest BCUT2D eigenvalue weighted by atomic mass is 10.1. The number of fused-ring (bicyclic) bond motifs is 1. The van der Waals surface area contributed by atoms with Crippen molar-refractivity contribution in [3.05, 3.63) is 47.4 Å². The lowest BCUT2D eigenvalue weighted by Crippen LogP contribution is -2.03. The highest BCUT2D eigenvalue weighted by atomic mass is 16.5. The van der Waals surface area contributed by atoms with E-state index in [1.165, 1.54) is 6.26 Å². The van der Waals surface area contributed by atoms with Gasteiger partial charge in [-0.05, 0) is 19.9 Å². The average molecular weight is 255 g/mol. The van der Waals surface area contributed by atoms with Crippen LogP contribution in [-0.2, 0) is 4.74 Å². The summed E-state index contributed by atoms with van der Waals surface area (Å²) in [5.41, 5.74) is 1.30. The lowest BCUT2D eigenvalue weighted by molar-refractivity contribution is 0.101. The van der Waals surface area contributed by atoms with E-state index in [2.05, 4.69) is 0 Å². The molecule has 0 bridgehead atoms. The summed E-state index contributed by atoms with van der Waals surface area (Å²) in [6.07, 6.45) is 1.18. The molecule has 2 rings (SSSR count). The predicted molar refractivity (Wildman–Crippen MR) is 70.6 cm³/mol. The fourth-order valence-corrected chi connectivity index (χ4v) is 1.81. The van der Waals surface area contributed by atoms with Gasteiger partial charge in [-0.15, -0.1) is 0 Å². The molecule has 0 saturated carbocycles. The van der Waals surface area contributed by atoms with Gasteiger partial charge in [-0.3, -0.25) is 4.79 Å². The quantitative estimate of drug-likeness (QED) is 0.363. The Morgan fingerprint density at radius 1 is 1.47 bits per heavy atom. The monoisotopic (exact) mass is 255 g/mol. The summed E-state index contributed by atoms with van der Waals surface area (Å²) in [6, 6.07) is 9.21. The van der Waals surface area contributed by atoms with Crippen molar-refractivity contribution in [2.75, 3.05) is 6.61 Å². The number of nitriles is 1. The maximum absolute atomic E-state index is 12.2. The molecule has 1 aromatic heterocycles. The molecule has 4 heteroatoms. The van der Waals surface area contributed by atoms with E-state index >= 15 is 0 Å². The Bertz CT molecular complexity index is 689. The van der Waals surface area contributed by atoms with Crippen LogP contribution in [0.15, 0.2) is 40.5 Å².